The molecule has 794 valence electrons. The van der Waals surface area contributed by atoms with E-state index in [-0.39, 0.29) is 100 Å². The van der Waals surface area contributed by atoms with Crippen LogP contribution in [0.25, 0.3) is 0 Å². The molecule has 0 aliphatic rings. The van der Waals surface area contributed by atoms with E-state index in [1.54, 1.807) is 162 Å². The lowest BCUT2D eigenvalue weighted by molar-refractivity contribution is -0.143. The Morgan fingerprint density at radius 3 is 0.827 bits per heavy atom. The lowest BCUT2D eigenvalue weighted by Gasteiger charge is -2.24. The molecular formula is C109H116Cl8N12O21. The van der Waals surface area contributed by atoms with Crippen LogP contribution in [0.3, 0.4) is 0 Å². The van der Waals surface area contributed by atoms with E-state index in [2.05, 4.69) is 51.8 Å². The van der Waals surface area contributed by atoms with Crippen LogP contribution in [0.1, 0.15) is 128 Å². The number of phenols is 1. The number of ether oxygens (including phenoxy) is 8. The number of aliphatic hydroxyl groups is 1. The monoisotopic (exact) mass is 2210 g/mol. The molecule has 150 heavy (non-hydrogen) atoms. The number of hydrogen-bond donors (Lipinski definition) is 9. The van der Waals surface area contributed by atoms with Crippen molar-refractivity contribution < 1.29 is 101 Å². The summed E-state index contributed by atoms with van der Waals surface area (Å²) in [7, 11) is 10.6. The van der Waals surface area contributed by atoms with Crippen LogP contribution in [0, 0.1) is 0 Å². The fourth-order valence-electron chi connectivity index (χ4n) is 13.6. The molecule has 0 radical (unpaired) electrons. The highest BCUT2D eigenvalue weighted by Gasteiger charge is 2.32. The molecule has 0 unspecified atom stereocenters. The van der Waals surface area contributed by atoms with Crippen LogP contribution in [0.15, 0.2) is 243 Å². The normalized spacial score (nSPS) is 11.5. The molecule has 0 saturated heterocycles. The first kappa shape index (κ1) is 121. The van der Waals surface area contributed by atoms with E-state index in [9.17, 15) is 58.2 Å². The minimum atomic E-state index is -1.16. The summed E-state index contributed by atoms with van der Waals surface area (Å²) in [6.45, 7) is 12.2. The lowest BCUT2D eigenvalue weighted by atomic mass is 10.0. The quantitative estimate of drug-likeness (QED) is 0.0128. The number of carboxylic acid groups (broad SMARTS) is 1. The Morgan fingerprint density at radius 2 is 0.573 bits per heavy atom. The zero-order chi connectivity index (χ0) is 110. The van der Waals surface area contributed by atoms with Crippen LogP contribution in [-0.2, 0) is 94.2 Å². The zero-order valence-corrected chi connectivity index (χ0v) is 90.3. The molecule has 0 bridgehead atoms. The highest BCUT2D eigenvalue weighted by atomic mass is 35.5. The number of anilines is 4. The Labute approximate surface area is 909 Å². The van der Waals surface area contributed by atoms with Crippen molar-refractivity contribution in [3.63, 3.8) is 0 Å². The first-order chi connectivity index (χ1) is 71.4. The van der Waals surface area contributed by atoms with Crippen molar-refractivity contribution in [1.29, 1.82) is 0 Å². The summed E-state index contributed by atoms with van der Waals surface area (Å²) in [5.74, 6) is -0.610. The van der Waals surface area contributed by atoms with Crippen molar-refractivity contribution in [2.75, 3.05) is 96.4 Å². The average Bonchev–Trinajstić information content (AvgIpc) is 0.849. The number of carboxylic acids is 1. The third-order valence-electron chi connectivity index (χ3n) is 21.2. The van der Waals surface area contributed by atoms with Gasteiger partial charge in [-0.05, 0) is 209 Å². The van der Waals surface area contributed by atoms with E-state index in [4.69, 9.17) is 136 Å². The number of amides is 6. The fourth-order valence-corrected chi connectivity index (χ4v) is 15.9. The Morgan fingerprint density at radius 1 is 0.333 bits per heavy atom. The van der Waals surface area contributed by atoms with Crippen molar-refractivity contribution in [2.45, 2.75) is 128 Å². The number of carbonyl (C=O) groups is 10. The number of methoxy groups -OCH3 is 3. The summed E-state index contributed by atoms with van der Waals surface area (Å²) < 4.78 is 42.6. The maximum absolute atomic E-state index is 12.8. The molecule has 41 heteroatoms. The van der Waals surface area contributed by atoms with E-state index in [1.807, 2.05) is 114 Å². The Balaban J connectivity index is 0.000000234. The largest absolute Gasteiger partial charge is 0.508 e. The number of phenolic OH excluding ortho intramolecular Hbond substituents is 1. The van der Waals surface area contributed by atoms with Crippen LogP contribution >= 0.6 is 92.8 Å². The van der Waals surface area contributed by atoms with Gasteiger partial charge < -0.3 is 85.1 Å². The molecule has 4 atom stereocenters. The second-order valence-corrected chi connectivity index (χ2v) is 37.9. The Bertz CT molecular complexity index is 6470. The van der Waals surface area contributed by atoms with Gasteiger partial charge in [-0.2, -0.15) is 0 Å². The summed E-state index contributed by atoms with van der Waals surface area (Å²) in [5, 5.41) is 45.6. The number of aromatic hydroxyl groups is 1. The molecule has 0 spiro atoms. The molecule has 12 aromatic rings. The Kier molecular flexibility index (Phi) is 48.7. The van der Waals surface area contributed by atoms with E-state index < -0.39 is 95.1 Å². The van der Waals surface area contributed by atoms with Crippen LogP contribution < -0.4 is 55.9 Å². The van der Waals surface area contributed by atoms with Gasteiger partial charge in [0.1, 0.15) is 81.6 Å². The molecule has 0 saturated carbocycles. The molecule has 0 aliphatic carbocycles. The molecule has 33 nitrogen and oxygen atoms in total. The standard InChI is InChI=1S/C30H33Cl2N3O6.C25H25Cl2N3O4.C24H23Cl2N3O4.C17H15Cl2NO4.C13H20N2O3/c1-30(2,3)41-29(38)35(4)25-11-6-8-20(33-25)16-17-40-21-14-12-19(13-15-21)18-24(28(37)39-5)34-27(36)26-22(31)9-7-10-23(26)32;1-28-22-8-3-5-17(29-22)13-14-34-18-11-9-16(10-12-18)15-21(25(32)33-2)30-24(31)23-19(26)6-4-7-20(23)27;1-27-21-7-2-4-16(28-21)12-13-33-17-10-8-15(9-11-17)14-20(24(31)32)29-23(30)22-18(25)5-3-6-19(22)26;1-24-17(23)14(9-10-5-7-11(21)8-6-10)20-16(22)15-12(18)3-2-4-13(15)19;1-13(2,3)18-12(17)15(4)11-7-5-6-10(14-11)8-9-16/h6-15,24H,16-18H2,1-5H3,(H,34,36);3-12,21H,13-15H2,1-2H3,(H,28,29)(H,30,31);2-11,20H,12-14H2,1H3,(H,27,28)(H,29,30)(H,31,32);2-8,14,21H,9H2,1H3,(H,20,22);5-7,16H,8-9H2,1-4H3/t24-;21-;20-;14-;/m0000./s1. The van der Waals surface area contributed by atoms with Gasteiger partial charge in [0.15, 0.2) is 0 Å². The number of pyridine rings is 4. The maximum atomic E-state index is 12.8. The number of carbonyl (C=O) groups excluding carboxylic acids is 9. The average molecular weight is 2210 g/mol. The van der Waals surface area contributed by atoms with Crippen molar-refractivity contribution in [2.24, 2.45) is 0 Å². The second-order valence-electron chi connectivity index (χ2n) is 34.7. The van der Waals surface area contributed by atoms with Gasteiger partial charge >= 0.3 is 36.1 Å². The summed E-state index contributed by atoms with van der Waals surface area (Å²) in [6, 6.07) is 65.0. The number of benzene rings is 8. The zero-order valence-electron chi connectivity index (χ0n) is 84.3. The lowest BCUT2D eigenvalue weighted by Crippen LogP contribution is -2.43. The minimum absolute atomic E-state index is 0.0343. The maximum Gasteiger partial charge on any atom is 0.415 e. The third-order valence-corrected chi connectivity index (χ3v) is 23.7. The molecule has 4 aromatic heterocycles. The van der Waals surface area contributed by atoms with Gasteiger partial charge in [-0.15, -0.1) is 0 Å². The van der Waals surface area contributed by atoms with E-state index >= 15 is 0 Å². The molecule has 9 N–H and O–H groups in total. The molecule has 8 aromatic carbocycles. The van der Waals surface area contributed by atoms with Crippen molar-refractivity contribution in [3.8, 4) is 23.0 Å². The van der Waals surface area contributed by atoms with Gasteiger partial charge in [-0.25, -0.2) is 48.7 Å². The third kappa shape index (κ3) is 40.0. The van der Waals surface area contributed by atoms with Crippen LogP contribution in [-0.4, -0.2) is 206 Å². The van der Waals surface area contributed by atoms with Gasteiger partial charge in [-0.3, -0.25) is 29.0 Å². The highest BCUT2D eigenvalue weighted by molar-refractivity contribution is 6.42. The van der Waals surface area contributed by atoms with Crippen LogP contribution in [0.2, 0.25) is 40.2 Å². The minimum Gasteiger partial charge on any atom is -0.508 e. The molecule has 0 aliphatic heterocycles. The second kappa shape index (κ2) is 60.4. The topological polar surface area (TPSA) is 435 Å². The number of rotatable bonds is 38. The SMILES string of the molecule is CN(C(=O)OC(C)(C)C)c1cccc(CCO)n1.CNc1cccc(CCOc2ccc(C[C@H](NC(=O)c3c(Cl)cccc3Cl)C(=O)O)cc2)n1.CNc1cccc(CCOc2ccc(C[C@H](NC(=O)c3c(Cl)cccc3Cl)C(=O)OC)cc2)n1.COC(=O)[C@H](Cc1ccc(O)cc1)NC(=O)c1c(Cl)cccc1Cl.COC(=O)[C@H](Cc1ccc(OCCc2cccc(N(C)C(=O)OC(C)(C)C)n2)cc1)NC(=O)c1c(Cl)cccc1Cl. The molecule has 12 rings (SSSR count). The van der Waals surface area contributed by atoms with Crippen LogP contribution in [0.5, 0.6) is 23.0 Å². The summed E-state index contributed by atoms with van der Waals surface area (Å²) in [4.78, 5) is 144. The van der Waals surface area contributed by atoms with Gasteiger partial charge in [0.25, 0.3) is 23.6 Å². The molecule has 6 amide bonds. The number of nitrogens with one attached hydrogen (secondary N) is 6. The summed E-state index contributed by atoms with van der Waals surface area (Å²) in [6.07, 6.45) is 2.05. The molecule has 0 fully saturated rings. The number of esters is 3. The van der Waals surface area contributed by atoms with Crippen molar-refractivity contribution in [1.82, 2.24) is 41.2 Å². The van der Waals surface area contributed by atoms with Gasteiger partial charge in [0, 0.05) is 109 Å². The predicted molar refractivity (Wildman–Crippen MR) is 580 cm³/mol. The number of aromatic nitrogens is 4. The summed E-state index contributed by atoms with van der Waals surface area (Å²) >= 11 is 48.6. The van der Waals surface area contributed by atoms with Gasteiger partial charge in [-0.1, -0.05) is 190 Å². The van der Waals surface area contributed by atoms with Crippen LogP contribution in [0.4, 0.5) is 32.9 Å². The molecule has 4 heterocycles. The Hall–Kier alpha value is -14.3. The van der Waals surface area contributed by atoms with Gasteiger partial charge in [0.2, 0.25) is 0 Å². The first-order valence-electron chi connectivity index (χ1n) is 46.5. The van der Waals surface area contributed by atoms with E-state index in [0.29, 0.717) is 74.4 Å². The first-order valence-corrected chi connectivity index (χ1v) is 49.6. The fraction of sp³-hybridized carbons (Fsp3) is 0.284. The number of aliphatic carboxylic acids is 1. The highest BCUT2D eigenvalue weighted by Crippen LogP contribution is 2.31. The van der Waals surface area contributed by atoms with E-state index in [0.717, 1.165) is 56.7 Å². The number of aliphatic hydroxyl groups excluding tert-OH is 1. The van der Waals surface area contributed by atoms with Gasteiger partial charge in [0.05, 0.1) is 104 Å². The number of nitrogens with zero attached hydrogens (tertiary/aromatic N) is 6. The van der Waals surface area contributed by atoms with E-state index in [1.165, 1.54) is 67.5 Å². The number of halogens is 8. The predicted octanol–water partition coefficient (Wildman–Crippen LogP) is 20.1. The van der Waals surface area contributed by atoms with Crippen molar-refractivity contribution >= 4 is 176 Å². The number of hydrogen-bond acceptors (Lipinski definition) is 26. The molecular weight excluding hydrogens is 2100 g/mol. The smallest absolute Gasteiger partial charge is 0.415 e. The summed E-state index contributed by atoms with van der Waals surface area (Å²) in [5.41, 5.74) is 5.60. The van der Waals surface area contributed by atoms with Crippen molar-refractivity contribution in [3.05, 3.63) is 350 Å².